The zero-order chi connectivity index (χ0) is 21.6. The highest BCUT2D eigenvalue weighted by molar-refractivity contribution is 7.92. The Bertz CT molecular complexity index is 937. The van der Waals surface area contributed by atoms with Crippen molar-refractivity contribution in [1.82, 2.24) is 0 Å². The minimum Gasteiger partial charge on any atom is -0.324 e. The second kappa shape index (κ2) is 9.92. The predicted molar refractivity (Wildman–Crippen MR) is 121 cm³/mol. The van der Waals surface area contributed by atoms with Crippen molar-refractivity contribution < 1.29 is 13.2 Å². The quantitative estimate of drug-likeness (QED) is 0.637. The average molecular weight is 417 g/mol. The molecule has 5 nitrogen and oxygen atoms in total. The number of anilines is 2. The summed E-state index contributed by atoms with van der Waals surface area (Å²) < 4.78 is 26.4. The van der Waals surface area contributed by atoms with Gasteiger partial charge in [-0.25, -0.2) is 8.42 Å². The number of carbonyl (C=O) groups excluding carboxylic acids is 1. The number of carbonyl (C=O) groups is 1. The second-order valence-corrected chi connectivity index (χ2v) is 9.40. The van der Waals surface area contributed by atoms with Crippen molar-refractivity contribution >= 4 is 27.3 Å². The lowest BCUT2D eigenvalue weighted by molar-refractivity contribution is -0.117. The molecule has 1 amide bonds. The molecule has 0 fully saturated rings. The van der Waals surface area contributed by atoms with Gasteiger partial charge in [0.25, 0.3) is 0 Å². The third-order valence-electron chi connectivity index (χ3n) is 5.12. The highest BCUT2D eigenvalue weighted by Gasteiger charge is 2.31. The van der Waals surface area contributed by atoms with E-state index in [0.29, 0.717) is 17.8 Å². The third kappa shape index (κ3) is 6.07. The molecule has 0 saturated heterocycles. The summed E-state index contributed by atoms with van der Waals surface area (Å²) in [7, 11) is -3.64. The number of nitrogens with zero attached hydrogens (tertiary/aromatic N) is 1. The van der Waals surface area contributed by atoms with Crippen molar-refractivity contribution in [1.29, 1.82) is 0 Å². The first-order chi connectivity index (χ1) is 13.7. The zero-order valence-electron chi connectivity index (χ0n) is 18.0. The zero-order valence-corrected chi connectivity index (χ0v) is 18.8. The van der Waals surface area contributed by atoms with Crippen LogP contribution in [0.4, 0.5) is 11.4 Å². The molecule has 0 aliphatic carbocycles. The summed E-state index contributed by atoms with van der Waals surface area (Å²) in [5.41, 5.74) is 4.46. The molecule has 0 saturated carbocycles. The Morgan fingerprint density at radius 3 is 2.21 bits per heavy atom. The third-order valence-corrected chi connectivity index (χ3v) is 6.30. The van der Waals surface area contributed by atoms with Crippen LogP contribution in [0.15, 0.2) is 42.5 Å². The summed E-state index contributed by atoms with van der Waals surface area (Å²) in [5, 5.41) is 2.88. The lowest BCUT2D eigenvalue weighted by Crippen LogP contribution is -2.47. The molecule has 2 aromatic carbocycles. The molecule has 0 spiro atoms. The van der Waals surface area contributed by atoms with E-state index in [1.54, 1.807) is 6.07 Å². The molecular formula is C23H32N2O3S. The van der Waals surface area contributed by atoms with E-state index in [4.69, 9.17) is 0 Å². The van der Waals surface area contributed by atoms with Crippen molar-refractivity contribution in [3.63, 3.8) is 0 Å². The number of sulfonamides is 1. The number of amides is 1. The van der Waals surface area contributed by atoms with E-state index in [0.717, 1.165) is 36.6 Å². The maximum Gasteiger partial charge on any atom is 0.248 e. The van der Waals surface area contributed by atoms with Crippen LogP contribution in [-0.4, -0.2) is 26.6 Å². The van der Waals surface area contributed by atoms with Gasteiger partial charge in [0, 0.05) is 5.69 Å². The first-order valence-corrected chi connectivity index (χ1v) is 12.0. The van der Waals surface area contributed by atoms with E-state index in [-0.39, 0.29) is 5.91 Å². The van der Waals surface area contributed by atoms with E-state index in [1.807, 2.05) is 57.2 Å². The van der Waals surface area contributed by atoms with Crippen LogP contribution in [0.5, 0.6) is 0 Å². The van der Waals surface area contributed by atoms with Gasteiger partial charge in [0.05, 0.1) is 11.9 Å². The molecule has 6 heteroatoms. The minimum absolute atomic E-state index is 0.336. The van der Waals surface area contributed by atoms with Crippen molar-refractivity contribution in [3.05, 3.63) is 59.2 Å². The Morgan fingerprint density at radius 2 is 1.69 bits per heavy atom. The van der Waals surface area contributed by atoms with Gasteiger partial charge in [-0.1, -0.05) is 38.5 Å². The molecule has 2 aromatic rings. The molecule has 1 N–H and O–H groups in total. The number of rotatable bonds is 9. The van der Waals surface area contributed by atoms with Crippen LogP contribution >= 0.6 is 0 Å². The number of nitrogens with one attached hydrogen (secondary N) is 1. The second-order valence-electron chi connectivity index (χ2n) is 7.54. The van der Waals surface area contributed by atoms with Gasteiger partial charge in [-0.05, 0) is 74.1 Å². The van der Waals surface area contributed by atoms with Gasteiger partial charge in [-0.3, -0.25) is 9.10 Å². The first-order valence-electron chi connectivity index (χ1n) is 10.1. The fourth-order valence-corrected chi connectivity index (χ4v) is 4.49. The predicted octanol–water partition coefficient (Wildman–Crippen LogP) is 4.83. The Labute approximate surface area is 175 Å². The molecule has 29 heavy (non-hydrogen) atoms. The van der Waals surface area contributed by atoms with Crippen LogP contribution in [0, 0.1) is 13.8 Å². The number of unbranched alkanes of at least 4 members (excludes halogenated alkanes) is 1. The molecule has 0 radical (unpaired) electrons. The van der Waals surface area contributed by atoms with Crippen molar-refractivity contribution in [3.8, 4) is 0 Å². The summed E-state index contributed by atoms with van der Waals surface area (Å²) in [5.74, 6) is -0.336. The van der Waals surface area contributed by atoms with Crippen molar-refractivity contribution in [2.24, 2.45) is 0 Å². The van der Waals surface area contributed by atoms with Gasteiger partial charge in [0.2, 0.25) is 15.9 Å². The number of hydrogen-bond donors (Lipinski definition) is 1. The minimum atomic E-state index is -3.64. The van der Waals surface area contributed by atoms with Gasteiger partial charge in [-0.15, -0.1) is 0 Å². The van der Waals surface area contributed by atoms with Crippen LogP contribution in [0.1, 0.15) is 49.8 Å². The van der Waals surface area contributed by atoms with Gasteiger partial charge in [-0.2, -0.15) is 0 Å². The van der Waals surface area contributed by atoms with Crippen LogP contribution < -0.4 is 9.62 Å². The summed E-state index contributed by atoms with van der Waals surface area (Å²) in [6.45, 7) is 7.87. The molecule has 0 unspecified atom stereocenters. The SMILES string of the molecule is CCCCc1ccc(NC(=O)[C@H](CC)N(c2ccc(C)c(C)c2)S(C)(=O)=O)cc1. The highest BCUT2D eigenvalue weighted by atomic mass is 32.2. The number of hydrogen-bond acceptors (Lipinski definition) is 3. The Hall–Kier alpha value is -2.34. The summed E-state index contributed by atoms with van der Waals surface area (Å²) in [6.07, 6.45) is 4.78. The van der Waals surface area contributed by atoms with Gasteiger partial charge in [0.1, 0.15) is 6.04 Å². The maximum atomic E-state index is 13.0. The van der Waals surface area contributed by atoms with E-state index in [1.165, 1.54) is 9.87 Å². The highest BCUT2D eigenvalue weighted by Crippen LogP contribution is 2.25. The molecule has 1 atom stereocenters. The van der Waals surface area contributed by atoms with Crippen LogP contribution in [-0.2, 0) is 21.2 Å². The lowest BCUT2D eigenvalue weighted by Gasteiger charge is -2.30. The Balaban J connectivity index is 2.27. The van der Waals surface area contributed by atoms with Crippen molar-refractivity contribution in [2.45, 2.75) is 59.4 Å². The molecular weight excluding hydrogens is 384 g/mol. The topological polar surface area (TPSA) is 66.5 Å². The number of benzene rings is 2. The van der Waals surface area contributed by atoms with Gasteiger partial charge >= 0.3 is 0 Å². The van der Waals surface area contributed by atoms with E-state index in [2.05, 4.69) is 12.2 Å². The summed E-state index contributed by atoms with van der Waals surface area (Å²) in [4.78, 5) is 13.0. The fraction of sp³-hybridized carbons (Fsp3) is 0.435. The fourth-order valence-electron chi connectivity index (χ4n) is 3.28. The van der Waals surface area contributed by atoms with Crippen LogP contribution in [0.2, 0.25) is 0 Å². The monoisotopic (exact) mass is 416 g/mol. The van der Waals surface area contributed by atoms with Crippen LogP contribution in [0.3, 0.4) is 0 Å². The lowest BCUT2D eigenvalue weighted by atomic mass is 10.1. The molecule has 0 aliphatic rings. The Morgan fingerprint density at radius 1 is 1.03 bits per heavy atom. The van der Waals surface area contributed by atoms with Gasteiger partial charge in [0.15, 0.2) is 0 Å². The molecule has 158 valence electrons. The average Bonchev–Trinajstić information content (AvgIpc) is 2.66. The molecule has 2 rings (SSSR count). The molecule has 0 heterocycles. The molecule has 0 aromatic heterocycles. The van der Waals surface area contributed by atoms with E-state index in [9.17, 15) is 13.2 Å². The summed E-state index contributed by atoms with van der Waals surface area (Å²) >= 11 is 0. The van der Waals surface area contributed by atoms with Crippen LogP contribution in [0.25, 0.3) is 0 Å². The Kier molecular flexibility index (Phi) is 7.85. The van der Waals surface area contributed by atoms with Crippen molar-refractivity contribution in [2.75, 3.05) is 15.9 Å². The number of aryl methyl sites for hydroxylation is 3. The largest absolute Gasteiger partial charge is 0.324 e. The van der Waals surface area contributed by atoms with Gasteiger partial charge < -0.3 is 5.32 Å². The maximum absolute atomic E-state index is 13.0. The van der Waals surface area contributed by atoms with E-state index >= 15 is 0 Å². The first kappa shape index (κ1) is 22.9. The summed E-state index contributed by atoms with van der Waals surface area (Å²) in [6, 6.07) is 12.4. The molecule has 0 aliphatic heterocycles. The molecule has 0 bridgehead atoms. The van der Waals surface area contributed by atoms with E-state index < -0.39 is 16.1 Å². The standard InChI is InChI=1S/C23H32N2O3S/c1-6-8-9-19-11-13-20(14-12-19)24-23(26)22(7-2)25(29(5,27)28)21-15-10-17(3)18(4)16-21/h10-16,22H,6-9H2,1-5H3,(H,24,26)/t22-/m0/s1. The normalized spacial score (nSPS) is 12.4. The smallest absolute Gasteiger partial charge is 0.248 e.